The minimum atomic E-state index is 0.751. The molecular weight excluding hydrogens is 336 g/mol. The fraction of sp³-hybridized carbons (Fsp3) is 0.409. The van der Waals surface area contributed by atoms with Crippen LogP contribution in [0.1, 0.15) is 16.7 Å². The van der Waals surface area contributed by atoms with E-state index >= 15 is 0 Å². The molecule has 0 fully saturated rings. The molecule has 1 aliphatic rings. The topological polar surface area (TPSA) is 40.1 Å². The monoisotopic (exact) mass is 366 g/mol. The van der Waals surface area contributed by atoms with Gasteiger partial charge in [-0.25, -0.2) is 0 Å². The van der Waals surface area contributed by atoms with E-state index in [2.05, 4.69) is 57.5 Å². The third-order valence-corrected chi connectivity index (χ3v) is 5.09. The minimum Gasteiger partial charge on any atom is -0.496 e. The molecule has 5 heteroatoms. The summed E-state index contributed by atoms with van der Waals surface area (Å²) in [5.74, 6) is 1.81. The van der Waals surface area contributed by atoms with E-state index in [0.717, 1.165) is 56.4 Å². The molecule has 1 N–H and O–H groups in total. The summed E-state index contributed by atoms with van der Waals surface area (Å²) in [6.07, 6.45) is 1.14. The Labute approximate surface area is 162 Å². The maximum atomic E-state index is 5.46. The molecule has 1 heterocycles. The Morgan fingerprint density at radius 1 is 1.15 bits per heavy atom. The lowest BCUT2D eigenvalue weighted by Gasteiger charge is -2.29. The van der Waals surface area contributed by atoms with E-state index in [-0.39, 0.29) is 0 Å². The predicted octanol–water partition coefficient (Wildman–Crippen LogP) is 2.76. The van der Waals surface area contributed by atoms with Crippen molar-refractivity contribution < 1.29 is 4.74 Å². The smallest absolute Gasteiger partial charge is 0.193 e. The number of fused-ring (bicyclic) bond motifs is 1. The van der Waals surface area contributed by atoms with E-state index in [1.807, 2.05) is 25.2 Å². The van der Waals surface area contributed by atoms with Crippen LogP contribution in [0.4, 0.5) is 0 Å². The molecule has 0 radical (unpaired) electrons. The fourth-order valence-corrected chi connectivity index (χ4v) is 3.62. The van der Waals surface area contributed by atoms with Gasteiger partial charge >= 0.3 is 0 Å². The lowest BCUT2D eigenvalue weighted by molar-refractivity contribution is 0.257. The van der Waals surface area contributed by atoms with Crippen molar-refractivity contribution in [1.82, 2.24) is 15.1 Å². The van der Waals surface area contributed by atoms with Crippen LogP contribution in [0.15, 0.2) is 53.5 Å². The molecule has 0 saturated carbocycles. The zero-order chi connectivity index (χ0) is 19.1. The van der Waals surface area contributed by atoms with Gasteiger partial charge in [0.25, 0.3) is 0 Å². The zero-order valence-electron chi connectivity index (χ0n) is 16.6. The Balaban J connectivity index is 1.49. The molecule has 2 aromatic carbocycles. The maximum Gasteiger partial charge on any atom is 0.193 e. The molecule has 144 valence electrons. The minimum absolute atomic E-state index is 0.751. The highest BCUT2D eigenvalue weighted by Gasteiger charge is 2.15. The molecule has 0 aromatic heterocycles. The Bertz CT molecular complexity index is 774. The van der Waals surface area contributed by atoms with Crippen LogP contribution in [-0.4, -0.2) is 56.6 Å². The maximum absolute atomic E-state index is 5.46. The van der Waals surface area contributed by atoms with Crippen molar-refractivity contribution in [2.45, 2.75) is 19.5 Å². The largest absolute Gasteiger partial charge is 0.496 e. The van der Waals surface area contributed by atoms with Crippen molar-refractivity contribution in [3.8, 4) is 5.75 Å². The van der Waals surface area contributed by atoms with Gasteiger partial charge in [-0.05, 0) is 23.6 Å². The highest BCUT2D eigenvalue weighted by atomic mass is 16.5. The van der Waals surface area contributed by atoms with E-state index < -0.39 is 0 Å². The quantitative estimate of drug-likeness (QED) is 0.630. The van der Waals surface area contributed by atoms with Crippen molar-refractivity contribution in [1.29, 1.82) is 0 Å². The second-order valence-electron chi connectivity index (χ2n) is 6.94. The van der Waals surface area contributed by atoms with Crippen LogP contribution >= 0.6 is 0 Å². The van der Waals surface area contributed by atoms with Crippen molar-refractivity contribution in [2.75, 3.05) is 40.8 Å². The Morgan fingerprint density at radius 2 is 1.89 bits per heavy atom. The van der Waals surface area contributed by atoms with Gasteiger partial charge in [-0.2, -0.15) is 0 Å². The van der Waals surface area contributed by atoms with Crippen LogP contribution in [0.25, 0.3) is 0 Å². The van der Waals surface area contributed by atoms with Crippen LogP contribution < -0.4 is 10.1 Å². The van der Waals surface area contributed by atoms with Crippen molar-refractivity contribution in [2.24, 2.45) is 4.99 Å². The third kappa shape index (κ3) is 5.01. The number of ether oxygens (including phenoxy) is 1. The highest BCUT2D eigenvalue weighted by Crippen LogP contribution is 2.19. The molecule has 3 rings (SSSR count). The van der Waals surface area contributed by atoms with E-state index in [1.165, 1.54) is 11.1 Å². The molecule has 5 nitrogen and oxygen atoms in total. The molecular formula is C22H30N4O. The molecule has 1 aliphatic heterocycles. The third-order valence-electron chi connectivity index (χ3n) is 5.09. The number of hydrogen-bond acceptors (Lipinski definition) is 3. The molecule has 0 atom stereocenters. The van der Waals surface area contributed by atoms with Crippen molar-refractivity contribution in [3.05, 3.63) is 65.2 Å². The van der Waals surface area contributed by atoms with Crippen LogP contribution in [0.3, 0.4) is 0 Å². The summed E-state index contributed by atoms with van der Waals surface area (Å²) in [4.78, 5) is 9.06. The van der Waals surface area contributed by atoms with Crippen LogP contribution in [0, 0.1) is 0 Å². The summed E-state index contributed by atoms with van der Waals surface area (Å²) in [7, 11) is 5.60. The summed E-state index contributed by atoms with van der Waals surface area (Å²) >= 11 is 0. The summed E-state index contributed by atoms with van der Waals surface area (Å²) in [5, 5.41) is 3.49. The number of aliphatic imine (C=N–C) groups is 1. The Morgan fingerprint density at radius 3 is 2.67 bits per heavy atom. The lowest BCUT2D eigenvalue weighted by Crippen LogP contribution is -2.43. The number of nitrogens with zero attached hydrogens (tertiary/aromatic N) is 3. The van der Waals surface area contributed by atoms with Gasteiger partial charge in [0, 0.05) is 52.4 Å². The average molecular weight is 367 g/mol. The SMILES string of the molecule is CN=C(NCCN1CCc2ccccc2C1)N(C)Cc1ccccc1OC. The van der Waals surface area contributed by atoms with Gasteiger partial charge in [0.2, 0.25) is 0 Å². The first-order valence-electron chi connectivity index (χ1n) is 9.54. The first-order valence-corrected chi connectivity index (χ1v) is 9.54. The van der Waals surface area contributed by atoms with E-state index in [9.17, 15) is 0 Å². The van der Waals surface area contributed by atoms with Crippen molar-refractivity contribution >= 4 is 5.96 Å². The molecule has 0 unspecified atom stereocenters. The Hall–Kier alpha value is -2.53. The molecule has 0 aliphatic carbocycles. The standard InChI is InChI=1S/C22H30N4O/c1-23-22(25(2)16-20-10-6-7-11-21(20)27-3)24-13-15-26-14-12-18-8-4-5-9-19(18)17-26/h4-11H,12-17H2,1-3H3,(H,23,24). The lowest BCUT2D eigenvalue weighted by atomic mass is 10.00. The molecule has 27 heavy (non-hydrogen) atoms. The van der Waals surface area contributed by atoms with Crippen LogP contribution in [-0.2, 0) is 19.5 Å². The second kappa shape index (κ2) is 9.42. The van der Waals surface area contributed by atoms with E-state index in [0.29, 0.717) is 0 Å². The van der Waals surface area contributed by atoms with Gasteiger partial charge in [-0.3, -0.25) is 9.89 Å². The van der Waals surface area contributed by atoms with Gasteiger partial charge in [-0.1, -0.05) is 42.5 Å². The molecule has 2 aromatic rings. The fourth-order valence-electron chi connectivity index (χ4n) is 3.62. The number of para-hydroxylation sites is 1. The first-order chi connectivity index (χ1) is 13.2. The highest BCUT2D eigenvalue weighted by molar-refractivity contribution is 5.79. The second-order valence-corrected chi connectivity index (χ2v) is 6.94. The number of nitrogens with one attached hydrogen (secondary N) is 1. The van der Waals surface area contributed by atoms with Gasteiger partial charge in [0.1, 0.15) is 5.75 Å². The first kappa shape index (κ1) is 19.2. The predicted molar refractivity (Wildman–Crippen MR) is 111 cm³/mol. The van der Waals surface area contributed by atoms with Crippen molar-refractivity contribution in [3.63, 3.8) is 0 Å². The number of guanidine groups is 1. The number of hydrogen-bond donors (Lipinski definition) is 1. The van der Waals surface area contributed by atoms with Gasteiger partial charge in [0.05, 0.1) is 7.11 Å². The molecule has 0 saturated heterocycles. The van der Waals surface area contributed by atoms with Crippen LogP contribution in [0.2, 0.25) is 0 Å². The number of rotatable bonds is 6. The summed E-state index contributed by atoms with van der Waals surface area (Å²) in [6.45, 7) is 4.80. The molecule has 0 amide bonds. The average Bonchev–Trinajstić information content (AvgIpc) is 2.71. The normalized spacial score (nSPS) is 14.6. The zero-order valence-corrected chi connectivity index (χ0v) is 16.6. The van der Waals surface area contributed by atoms with Gasteiger partial charge < -0.3 is 15.0 Å². The summed E-state index contributed by atoms with van der Waals surface area (Å²) in [5.41, 5.74) is 4.11. The molecule has 0 bridgehead atoms. The van der Waals surface area contributed by atoms with Gasteiger partial charge in [-0.15, -0.1) is 0 Å². The Kier molecular flexibility index (Phi) is 6.71. The van der Waals surface area contributed by atoms with Crippen LogP contribution in [0.5, 0.6) is 5.75 Å². The van der Waals surface area contributed by atoms with E-state index in [1.54, 1.807) is 7.11 Å². The number of methoxy groups -OCH3 is 1. The van der Waals surface area contributed by atoms with E-state index in [4.69, 9.17) is 4.74 Å². The van der Waals surface area contributed by atoms with Gasteiger partial charge in [0.15, 0.2) is 5.96 Å². The number of benzene rings is 2. The molecule has 0 spiro atoms. The summed E-state index contributed by atoms with van der Waals surface area (Å²) in [6, 6.07) is 16.9. The summed E-state index contributed by atoms with van der Waals surface area (Å²) < 4.78 is 5.46.